The van der Waals surface area contributed by atoms with E-state index >= 15 is 0 Å². The Morgan fingerprint density at radius 2 is 1.78 bits per heavy atom. The Kier molecular flexibility index (Phi) is 0.822. The molecule has 1 saturated carbocycles. The van der Waals surface area contributed by atoms with Crippen molar-refractivity contribution in [1.29, 1.82) is 0 Å². The Balaban J connectivity index is 2.08. The lowest BCUT2D eigenvalue weighted by atomic mass is 10.1. The number of hydroxylamine groups is 4. The first-order valence-electron chi connectivity index (χ1n) is 3.45. The highest BCUT2D eigenvalue weighted by Crippen LogP contribution is 2.53. The van der Waals surface area contributed by atoms with Crippen molar-refractivity contribution in [2.45, 2.75) is 19.3 Å². The van der Waals surface area contributed by atoms with Gasteiger partial charge in [0.1, 0.15) is 13.1 Å². The number of hydrogen-bond acceptors (Lipinski definition) is 2. The van der Waals surface area contributed by atoms with E-state index in [9.17, 15) is 0 Å². The molecule has 1 heterocycles. The maximum absolute atomic E-state index is 9.06. The van der Waals surface area contributed by atoms with E-state index in [1.54, 1.807) is 0 Å². The summed E-state index contributed by atoms with van der Waals surface area (Å²) in [6, 6.07) is 0. The molecule has 1 spiro atoms. The van der Waals surface area contributed by atoms with Crippen LogP contribution in [0.3, 0.4) is 0 Å². The number of quaternary nitrogens is 1. The molecular formula is C6H12NO2+. The minimum atomic E-state index is -0.722. The van der Waals surface area contributed by atoms with Crippen molar-refractivity contribution in [3.8, 4) is 0 Å². The number of nitrogens with zero attached hydrogens (tertiary/aromatic N) is 1. The molecule has 0 amide bonds. The van der Waals surface area contributed by atoms with E-state index in [0.717, 1.165) is 6.42 Å². The molecular weight excluding hydrogens is 118 g/mol. The van der Waals surface area contributed by atoms with E-state index in [1.807, 2.05) is 0 Å². The van der Waals surface area contributed by atoms with Crippen molar-refractivity contribution < 1.29 is 15.2 Å². The molecule has 2 fully saturated rings. The molecule has 3 nitrogen and oxygen atoms in total. The van der Waals surface area contributed by atoms with Crippen molar-refractivity contribution in [2.24, 2.45) is 5.41 Å². The van der Waals surface area contributed by atoms with Crippen LogP contribution in [0.15, 0.2) is 0 Å². The van der Waals surface area contributed by atoms with Gasteiger partial charge in [0.05, 0.1) is 0 Å². The molecule has 2 aliphatic rings. The van der Waals surface area contributed by atoms with Crippen LogP contribution < -0.4 is 0 Å². The van der Waals surface area contributed by atoms with Crippen molar-refractivity contribution in [2.75, 3.05) is 13.1 Å². The van der Waals surface area contributed by atoms with Crippen LogP contribution in [0.1, 0.15) is 19.3 Å². The van der Waals surface area contributed by atoms with E-state index < -0.39 is 4.81 Å². The fourth-order valence-corrected chi connectivity index (χ4v) is 1.70. The molecule has 1 aliphatic carbocycles. The number of hydrogen-bond donors (Lipinski definition) is 2. The molecule has 0 aromatic heterocycles. The Hall–Kier alpha value is -0.120. The lowest BCUT2D eigenvalue weighted by Crippen LogP contribution is -2.38. The lowest BCUT2D eigenvalue weighted by molar-refractivity contribution is -1.24. The van der Waals surface area contributed by atoms with Gasteiger partial charge in [0.15, 0.2) is 0 Å². The highest BCUT2D eigenvalue weighted by molar-refractivity contribution is 4.94. The summed E-state index contributed by atoms with van der Waals surface area (Å²) < 4.78 is 0. The van der Waals surface area contributed by atoms with Gasteiger partial charge in [-0.1, -0.05) is 0 Å². The summed E-state index contributed by atoms with van der Waals surface area (Å²) in [4.78, 5) is -0.722. The van der Waals surface area contributed by atoms with Crippen LogP contribution in [0.25, 0.3) is 0 Å². The molecule has 9 heavy (non-hydrogen) atoms. The first-order valence-corrected chi connectivity index (χ1v) is 3.45. The molecule has 0 aromatic carbocycles. The molecule has 0 aromatic rings. The van der Waals surface area contributed by atoms with Crippen molar-refractivity contribution >= 4 is 0 Å². The molecule has 52 valence electrons. The van der Waals surface area contributed by atoms with Crippen LogP contribution in [0.2, 0.25) is 0 Å². The van der Waals surface area contributed by atoms with Crippen LogP contribution in [0.4, 0.5) is 0 Å². The van der Waals surface area contributed by atoms with Crippen LogP contribution in [0, 0.1) is 5.41 Å². The summed E-state index contributed by atoms with van der Waals surface area (Å²) in [5, 5.41) is 18.1. The van der Waals surface area contributed by atoms with E-state index in [4.69, 9.17) is 10.4 Å². The van der Waals surface area contributed by atoms with E-state index in [0.29, 0.717) is 18.5 Å². The zero-order valence-corrected chi connectivity index (χ0v) is 5.38. The van der Waals surface area contributed by atoms with Gasteiger partial charge in [-0.05, 0) is 17.7 Å². The van der Waals surface area contributed by atoms with Crippen LogP contribution in [0.5, 0.6) is 0 Å². The third-order valence-corrected chi connectivity index (χ3v) is 2.55. The molecule has 0 radical (unpaired) electrons. The zero-order valence-electron chi connectivity index (χ0n) is 5.38. The summed E-state index contributed by atoms with van der Waals surface area (Å²) in [6.45, 7) is 1.09. The van der Waals surface area contributed by atoms with Gasteiger partial charge < -0.3 is 0 Å². The molecule has 1 saturated heterocycles. The molecule has 0 atom stereocenters. The molecule has 2 N–H and O–H groups in total. The standard InChI is InChI=1S/C6H12NO2/c8-7(9)4-3-6(5-7)1-2-6/h8-9H,1-5H2/q+1. The maximum Gasteiger partial charge on any atom is 0.148 e. The van der Waals surface area contributed by atoms with Gasteiger partial charge >= 0.3 is 0 Å². The molecule has 0 unspecified atom stereocenters. The van der Waals surface area contributed by atoms with Crippen molar-refractivity contribution in [3.05, 3.63) is 0 Å². The molecule has 3 heteroatoms. The van der Waals surface area contributed by atoms with Crippen LogP contribution >= 0.6 is 0 Å². The van der Waals surface area contributed by atoms with Gasteiger partial charge in [-0.25, -0.2) is 0 Å². The SMILES string of the molecule is O[N+]1(O)CCC2(CC2)C1. The minimum Gasteiger partial charge on any atom is -0.182 e. The minimum absolute atomic E-state index is 0.351. The summed E-state index contributed by atoms with van der Waals surface area (Å²) in [7, 11) is 0. The molecule has 2 rings (SSSR count). The van der Waals surface area contributed by atoms with Gasteiger partial charge in [-0.3, -0.25) is 0 Å². The molecule has 1 aliphatic heterocycles. The fourth-order valence-electron chi connectivity index (χ4n) is 1.70. The van der Waals surface area contributed by atoms with Gasteiger partial charge in [-0.15, -0.1) is 0 Å². The topological polar surface area (TPSA) is 40.5 Å². The summed E-state index contributed by atoms with van der Waals surface area (Å²) in [5.74, 6) is 0. The first kappa shape index (κ1) is 5.65. The first-order chi connectivity index (χ1) is 4.12. The predicted molar refractivity (Wildman–Crippen MR) is 29.9 cm³/mol. The summed E-state index contributed by atoms with van der Waals surface area (Å²) in [5.41, 5.74) is 0.351. The molecule has 0 bridgehead atoms. The second-order valence-corrected chi connectivity index (χ2v) is 3.51. The zero-order chi connectivity index (χ0) is 6.54. The lowest BCUT2D eigenvalue weighted by Gasteiger charge is -2.13. The summed E-state index contributed by atoms with van der Waals surface area (Å²) in [6.07, 6.45) is 3.40. The van der Waals surface area contributed by atoms with E-state index in [1.165, 1.54) is 12.8 Å². The highest BCUT2D eigenvalue weighted by atomic mass is 16.8. The van der Waals surface area contributed by atoms with Gasteiger partial charge in [0, 0.05) is 11.8 Å². The normalized spacial score (nSPS) is 35.3. The third kappa shape index (κ3) is 0.852. The second-order valence-electron chi connectivity index (χ2n) is 3.51. The van der Waals surface area contributed by atoms with Crippen LogP contribution in [-0.2, 0) is 0 Å². The maximum atomic E-state index is 9.06. The Bertz CT molecular complexity index is 136. The Morgan fingerprint density at radius 3 is 2.00 bits per heavy atom. The average Bonchev–Trinajstić information content (AvgIpc) is 2.36. The Morgan fingerprint density at radius 1 is 1.11 bits per heavy atom. The van der Waals surface area contributed by atoms with E-state index in [-0.39, 0.29) is 0 Å². The van der Waals surface area contributed by atoms with E-state index in [2.05, 4.69) is 0 Å². The quantitative estimate of drug-likeness (QED) is 0.475. The van der Waals surface area contributed by atoms with Crippen molar-refractivity contribution in [1.82, 2.24) is 0 Å². The highest BCUT2D eigenvalue weighted by Gasteiger charge is 2.56. The average molecular weight is 130 g/mol. The monoisotopic (exact) mass is 130 g/mol. The van der Waals surface area contributed by atoms with Gasteiger partial charge in [0.2, 0.25) is 0 Å². The van der Waals surface area contributed by atoms with Gasteiger partial charge in [0.25, 0.3) is 0 Å². The largest absolute Gasteiger partial charge is 0.182 e. The Labute approximate surface area is 54.0 Å². The van der Waals surface area contributed by atoms with Gasteiger partial charge in [-0.2, -0.15) is 10.4 Å². The fraction of sp³-hybridized carbons (Fsp3) is 1.00. The number of rotatable bonds is 0. The second kappa shape index (κ2) is 1.31. The summed E-state index contributed by atoms with van der Waals surface area (Å²) >= 11 is 0. The third-order valence-electron chi connectivity index (χ3n) is 2.55. The van der Waals surface area contributed by atoms with Crippen LogP contribution in [-0.4, -0.2) is 28.3 Å². The smallest absolute Gasteiger partial charge is 0.148 e. The predicted octanol–water partition coefficient (Wildman–Crippen LogP) is 0.766. The van der Waals surface area contributed by atoms with Crippen molar-refractivity contribution in [3.63, 3.8) is 0 Å².